The largest absolute Gasteiger partial charge is 0.465 e. The van der Waals surface area contributed by atoms with E-state index >= 15 is 0 Å². The van der Waals surface area contributed by atoms with Crippen LogP contribution in [0.15, 0.2) is 0 Å². The van der Waals surface area contributed by atoms with Crippen molar-refractivity contribution in [1.82, 2.24) is 0 Å². The van der Waals surface area contributed by atoms with Crippen LogP contribution in [0.25, 0.3) is 0 Å². The first-order chi connectivity index (χ1) is 12.9. The number of hydrogen-bond donors (Lipinski definition) is 0. The van der Waals surface area contributed by atoms with Crippen LogP contribution in [-0.4, -0.2) is 62.4 Å². The Bertz CT molecular complexity index is 494. The van der Waals surface area contributed by atoms with Crippen LogP contribution >= 0.6 is 0 Å². The molecule has 9 heteroatoms. The van der Waals surface area contributed by atoms with Crippen molar-refractivity contribution >= 4 is 5.97 Å². The molecule has 3 rings (SSSR count). The summed E-state index contributed by atoms with van der Waals surface area (Å²) in [4.78, 5) is 12.0. The summed E-state index contributed by atoms with van der Waals surface area (Å²) in [7, 11) is 0. The van der Waals surface area contributed by atoms with Crippen molar-refractivity contribution in [3.8, 4) is 0 Å². The lowest BCUT2D eigenvalue weighted by Gasteiger charge is -2.38. The fourth-order valence-corrected chi connectivity index (χ4v) is 4.35. The second-order valence-electron chi connectivity index (χ2n) is 7.51. The number of ether oxygens (including phenoxy) is 3. The SMILES string of the molecule is O=C(OCCC1(C2CCCCC2)OCCO1)C1C(F)C(F)C(F)C(F)C1F. The maximum atomic E-state index is 13.9. The molecule has 0 N–H and O–H groups in total. The lowest BCUT2D eigenvalue weighted by atomic mass is 9.81. The van der Waals surface area contributed by atoms with E-state index in [0.717, 1.165) is 32.1 Å². The Balaban J connectivity index is 1.58. The highest BCUT2D eigenvalue weighted by atomic mass is 19.2. The summed E-state index contributed by atoms with van der Waals surface area (Å²) >= 11 is 0. The van der Waals surface area contributed by atoms with Crippen molar-refractivity contribution in [2.24, 2.45) is 11.8 Å². The van der Waals surface area contributed by atoms with Crippen molar-refractivity contribution in [2.75, 3.05) is 19.8 Å². The number of carbonyl (C=O) groups excluding carboxylic acids is 1. The first kappa shape index (κ1) is 20.8. The first-order valence-corrected chi connectivity index (χ1v) is 9.52. The standard InChI is InChI=1S/C18H25F5O4/c19-12-11(13(20)15(22)16(23)14(12)21)17(24)25-7-6-18(26-8-9-27-18)10-4-2-1-3-5-10/h10-16H,1-9H2. The van der Waals surface area contributed by atoms with Crippen LogP contribution in [-0.2, 0) is 19.0 Å². The lowest BCUT2D eigenvalue weighted by molar-refractivity contribution is -0.214. The van der Waals surface area contributed by atoms with Gasteiger partial charge in [0.2, 0.25) is 0 Å². The van der Waals surface area contributed by atoms with E-state index in [0.29, 0.717) is 13.2 Å². The molecule has 156 valence electrons. The summed E-state index contributed by atoms with van der Waals surface area (Å²) in [6.07, 6.45) is -9.16. The van der Waals surface area contributed by atoms with Gasteiger partial charge in [-0.15, -0.1) is 0 Å². The van der Waals surface area contributed by atoms with E-state index in [2.05, 4.69) is 0 Å². The second-order valence-corrected chi connectivity index (χ2v) is 7.51. The van der Waals surface area contributed by atoms with E-state index in [1.165, 1.54) is 0 Å². The zero-order valence-electron chi connectivity index (χ0n) is 14.9. The summed E-state index contributed by atoms with van der Waals surface area (Å²) in [6.45, 7) is 0.534. The van der Waals surface area contributed by atoms with Gasteiger partial charge in [0.25, 0.3) is 0 Å². The minimum absolute atomic E-state index is 0.128. The molecule has 0 amide bonds. The summed E-state index contributed by atoms with van der Waals surface area (Å²) in [5.41, 5.74) is 0. The molecule has 2 aliphatic carbocycles. The average molecular weight is 400 g/mol. The van der Waals surface area contributed by atoms with Gasteiger partial charge in [-0.3, -0.25) is 4.79 Å². The maximum Gasteiger partial charge on any atom is 0.315 e. The van der Waals surface area contributed by atoms with Crippen molar-refractivity contribution in [3.63, 3.8) is 0 Å². The van der Waals surface area contributed by atoms with Gasteiger partial charge in [0.15, 0.2) is 36.6 Å². The summed E-state index contributed by atoms with van der Waals surface area (Å²) in [5, 5.41) is 0. The predicted octanol–water partition coefficient (Wildman–Crippen LogP) is 3.56. The zero-order valence-corrected chi connectivity index (χ0v) is 14.9. The third kappa shape index (κ3) is 4.09. The molecule has 1 saturated heterocycles. The normalized spacial score (nSPS) is 40.0. The van der Waals surface area contributed by atoms with Crippen molar-refractivity contribution in [3.05, 3.63) is 0 Å². The highest BCUT2D eigenvalue weighted by Gasteiger charge is 2.57. The third-order valence-corrected chi connectivity index (χ3v) is 5.87. The third-order valence-electron chi connectivity index (χ3n) is 5.87. The molecule has 4 atom stereocenters. The zero-order chi connectivity index (χ0) is 19.6. The number of carbonyl (C=O) groups is 1. The second kappa shape index (κ2) is 8.59. The van der Waals surface area contributed by atoms with E-state index in [1.54, 1.807) is 0 Å². The van der Waals surface area contributed by atoms with Crippen LogP contribution in [0.4, 0.5) is 22.0 Å². The van der Waals surface area contributed by atoms with Gasteiger partial charge in [0, 0.05) is 12.3 Å². The van der Waals surface area contributed by atoms with Gasteiger partial charge < -0.3 is 14.2 Å². The molecular weight excluding hydrogens is 375 g/mol. The van der Waals surface area contributed by atoms with Gasteiger partial charge >= 0.3 is 5.97 Å². The molecular formula is C18H25F5O4. The quantitative estimate of drug-likeness (QED) is 0.523. The molecule has 0 radical (unpaired) electrons. The molecule has 0 spiro atoms. The fraction of sp³-hybridized carbons (Fsp3) is 0.944. The van der Waals surface area contributed by atoms with Gasteiger partial charge in [-0.1, -0.05) is 19.3 Å². The van der Waals surface area contributed by atoms with Gasteiger partial charge in [-0.25, -0.2) is 22.0 Å². The van der Waals surface area contributed by atoms with Gasteiger partial charge in [-0.05, 0) is 12.8 Å². The van der Waals surface area contributed by atoms with E-state index < -0.39 is 48.5 Å². The van der Waals surface area contributed by atoms with Crippen LogP contribution in [0.3, 0.4) is 0 Å². The monoisotopic (exact) mass is 400 g/mol. The fourth-order valence-electron chi connectivity index (χ4n) is 4.35. The Labute approximate surface area is 154 Å². The molecule has 3 aliphatic rings. The van der Waals surface area contributed by atoms with Crippen molar-refractivity contribution in [1.29, 1.82) is 0 Å². The molecule has 2 saturated carbocycles. The van der Waals surface area contributed by atoms with Gasteiger partial charge in [0.1, 0.15) is 5.92 Å². The Morgan fingerprint density at radius 2 is 1.37 bits per heavy atom. The smallest absolute Gasteiger partial charge is 0.315 e. The molecule has 3 fully saturated rings. The lowest BCUT2D eigenvalue weighted by Crippen LogP contribution is -2.56. The van der Waals surface area contributed by atoms with Crippen LogP contribution in [0.2, 0.25) is 0 Å². The van der Waals surface area contributed by atoms with Crippen molar-refractivity contribution < 1.29 is 41.0 Å². The topological polar surface area (TPSA) is 44.8 Å². The number of alkyl halides is 5. The molecule has 1 aliphatic heterocycles. The van der Waals surface area contributed by atoms with Crippen LogP contribution in [0.5, 0.6) is 0 Å². The molecule has 27 heavy (non-hydrogen) atoms. The Morgan fingerprint density at radius 1 is 0.852 bits per heavy atom. The molecule has 1 heterocycles. The van der Waals surface area contributed by atoms with Crippen LogP contribution in [0, 0.1) is 11.8 Å². The molecule has 0 aromatic carbocycles. The Hall–Kier alpha value is -0.960. The molecule has 0 bridgehead atoms. The number of rotatable bonds is 5. The molecule has 4 unspecified atom stereocenters. The van der Waals surface area contributed by atoms with E-state index in [9.17, 15) is 26.7 Å². The van der Waals surface area contributed by atoms with Gasteiger partial charge in [-0.2, -0.15) is 0 Å². The summed E-state index contributed by atoms with van der Waals surface area (Å²) in [5.74, 6) is -4.52. The van der Waals surface area contributed by atoms with E-state index in [-0.39, 0.29) is 18.9 Å². The Kier molecular flexibility index (Phi) is 6.61. The highest BCUT2D eigenvalue weighted by Crippen LogP contribution is 2.41. The number of hydrogen-bond acceptors (Lipinski definition) is 4. The molecule has 0 aromatic heterocycles. The van der Waals surface area contributed by atoms with Gasteiger partial charge in [0.05, 0.1) is 19.8 Å². The van der Waals surface area contributed by atoms with Crippen LogP contribution < -0.4 is 0 Å². The molecule has 0 aromatic rings. The highest BCUT2D eigenvalue weighted by molar-refractivity contribution is 5.74. The van der Waals surface area contributed by atoms with E-state index in [1.807, 2.05) is 0 Å². The summed E-state index contributed by atoms with van der Waals surface area (Å²) in [6, 6.07) is 0. The first-order valence-electron chi connectivity index (χ1n) is 9.52. The summed E-state index contributed by atoms with van der Waals surface area (Å²) < 4.78 is 84.4. The minimum Gasteiger partial charge on any atom is -0.465 e. The average Bonchev–Trinajstić information content (AvgIpc) is 3.16. The number of esters is 1. The molecule has 4 nitrogen and oxygen atoms in total. The van der Waals surface area contributed by atoms with Crippen molar-refractivity contribution in [2.45, 2.75) is 75.2 Å². The number of halogens is 5. The Morgan fingerprint density at radius 3 is 1.93 bits per heavy atom. The predicted molar refractivity (Wildman–Crippen MR) is 84.8 cm³/mol. The minimum atomic E-state index is -2.94. The van der Waals surface area contributed by atoms with E-state index in [4.69, 9.17) is 14.2 Å². The maximum absolute atomic E-state index is 13.9. The van der Waals surface area contributed by atoms with Crippen LogP contribution in [0.1, 0.15) is 38.5 Å².